The molecular weight excluding hydrogens is 282 g/mol. The van der Waals surface area contributed by atoms with Crippen LogP contribution in [0.3, 0.4) is 0 Å². The van der Waals surface area contributed by atoms with E-state index in [2.05, 4.69) is 0 Å². The van der Waals surface area contributed by atoms with Gasteiger partial charge in [-0.15, -0.1) is 0 Å². The molecule has 126 valence electrons. The normalized spacial score (nSPS) is 26.6. The van der Waals surface area contributed by atoms with Crippen molar-refractivity contribution < 1.29 is 14.7 Å². The highest BCUT2D eigenvalue weighted by Gasteiger charge is 2.31. The fraction of sp³-hybridized carbons (Fsp3) is 0.875. The zero-order valence-corrected chi connectivity index (χ0v) is 13.8. The van der Waals surface area contributed by atoms with Crippen LogP contribution in [-0.2, 0) is 9.59 Å². The number of β-amino-alcohol motifs (C(OH)–C–C–N with tert-alkyl or cyclic N) is 1. The number of hydrogen-bond acceptors (Lipinski definition) is 4. The Morgan fingerprint density at radius 2 is 2.09 bits per heavy atom. The van der Waals surface area contributed by atoms with E-state index in [9.17, 15) is 14.7 Å². The van der Waals surface area contributed by atoms with Gasteiger partial charge < -0.3 is 19.8 Å². The third-order valence-corrected chi connectivity index (χ3v) is 4.80. The second kappa shape index (κ2) is 7.92. The van der Waals surface area contributed by atoms with Crippen molar-refractivity contribution in [3.8, 4) is 0 Å². The number of carbonyl (C=O) groups excluding carboxylic acids is 2. The van der Waals surface area contributed by atoms with E-state index in [1.54, 1.807) is 4.90 Å². The molecule has 0 bridgehead atoms. The number of rotatable bonds is 5. The van der Waals surface area contributed by atoms with Crippen LogP contribution in [0, 0.1) is 0 Å². The van der Waals surface area contributed by atoms with Crippen molar-refractivity contribution in [2.75, 3.05) is 40.3 Å². The van der Waals surface area contributed by atoms with E-state index in [-0.39, 0.29) is 17.9 Å². The summed E-state index contributed by atoms with van der Waals surface area (Å²) in [5, 5.41) is 10.1. The quantitative estimate of drug-likeness (QED) is 0.793. The van der Waals surface area contributed by atoms with E-state index < -0.39 is 6.10 Å². The smallest absolute Gasteiger partial charge is 0.222 e. The van der Waals surface area contributed by atoms with Crippen LogP contribution in [0.15, 0.2) is 0 Å². The first-order valence-electron chi connectivity index (χ1n) is 8.39. The molecule has 0 aromatic rings. The van der Waals surface area contributed by atoms with E-state index in [0.717, 1.165) is 25.8 Å². The SMILES string of the molecule is CN(C)[C@H]1CCN(C(=O)CCCN2CCCCC2=O)C[C@@H]1O. The first kappa shape index (κ1) is 17.2. The third-order valence-electron chi connectivity index (χ3n) is 4.80. The number of aliphatic hydroxyl groups excluding tert-OH is 1. The summed E-state index contributed by atoms with van der Waals surface area (Å²) in [7, 11) is 3.92. The summed E-state index contributed by atoms with van der Waals surface area (Å²) < 4.78 is 0. The van der Waals surface area contributed by atoms with Crippen molar-refractivity contribution in [1.82, 2.24) is 14.7 Å². The molecule has 0 aromatic heterocycles. The molecule has 22 heavy (non-hydrogen) atoms. The standard InChI is InChI=1S/C16H29N3O3/c1-17(2)13-8-11-19(12-14(13)20)16(22)7-5-10-18-9-4-3-6-15(18)21/h13-14,20H,3-12H2,1-2H3/t13-,14-/m0/s1. The molecule has 2 amide bonds. The molecule has 2 heterocycles. The second-order valence-corrected chi connectivity index (χ2v) is 6.67. The van der Waals surface area contributed by atoms with E-state index >= 15 is 0 Å². The minimum absolute atomic E-state index is 0.0979. The fourth-order valence-corrected chi connectivity index (χ4v) is 3.43. The van der Waals surface area contributed by atoms with Crippen molar-refractivity contribution in [2.24, 2.45) is 0 Å². The van der Waals surface area contributed by atoms with Crippen LogP contribution in [0.25, 0.3) is 0 Å². The van der Waals surface area contributed by atoms with Gasteiger partial charge in [-0.3, -0.25) is 9.59 Å². The van der Waals surface area contributed by atoms with Crippen LogP contribution < -0.4 is 0 Å². The van der Waals surface area contributed by atoms with E-state index in [1.807, 2.05) is 23.9 Å². The van der Waals surface area contributed by atoms with Gasteiger partial charge in [-0.05, 0) is 39.8 Å². The van der Waals surface area contributed by atoms with Gasteiger partial charge in [-0.25, -0.2) is 0 Å². The van der Waals surface area contributed by atoms with Gasteiger partial charge >= 0.3 is 0 Å². The molecule has 2 aliphatic heterocycles. The molecule has 2 fully saturated rings. The molecule has 0 radical (unpaired) electrons. The molecule has 6 heteroatoms. The van der Waals surface area contributed by atoms with Gasteiger partial charge in [0.2, 0.25) is 11.8 Å². The summed E-state index contributed by atoms with van der Waals surface area (Å²) >= 11 is 0. The lowest BCUT2D eigenvalue weighted by Crippen LogP contribution is -2.53. The molecule has 2 saturated heterocycles. The predicted molar refractivity (Wildman–Crippen MR) is 84.3 cm³/mol. The number of hydrogen-bond donors (Lipinski definition) is 1. The molecule has 0 unspecified atom stereocenters. The van der Waals surface area contributed by atoms with Crippen LogP contribution in [-0.4, -0.2) is 84.0 Å². The zero-order chi connectivity index (χ0) is 16.1. The van der Waals surface area contributed by atoms with Crippen molar-refractivity contribution in [3.63, 3.8) is 0 Å². The number of aliphatic hydroxyl groups is 1. The van der Waals surface area contributed by atoms with Gasteiger partial charge in [0.15, 0.2) is 0 Å². The molecule has 0 saturated carbocycles. The highest BCUT2D eigenvalue weighted by atomic mass is 16.3. The molecule has 0 aliphatic carbocycles. The van der Waals surface area contributed by atoms with Gasteiger partial charge in [-0.1, -0.05) is 0 Å². The van der Waals surface area contributed by atoms with Crippen molar-refractivity contribution >= 4 is 11.8 Å². The van der Waals surface area contributed by atoms with Crippen LogP contribution in [0.2, 0.25) is 0 Å². The molecular formula is C16H29N3O3. The van der Waals surface area contributed by atoms with E-state index in [0.29, 0.717) is 38.9 Å². The number of nitrogens with zero attached hydrogens (tertiary/aromatic N) is 3. The Balaban J connectivity index is 1.70. The Kier molecular flexibility index (Phi) is 6.20. The Morgan fingerprint density at radius 1 is 1.32 bits per heavy atom. The average molecular weight is 311 g/mol. The van der Waals surface area contributed by atoms with Crippen LogP contribution in [0.4, 0.5) is 0 Å². The van der Waals surface area contributed by atoms with Crippen molar-refractivity contribution in [3.05, 3.63) is 0 Å². The van der Waals surface area contributed by atoms with Gasteiger partial charge in [0.1, 0.15) is 0 Å². The van der Waals surface area contributed by atoms with Crippen LogP contribution in [0.5, 0.6) is 0 Å². The Morgan fingerprint density at radius 3 is 2.73 bits per heavy atom. The first-order chi connectivity index (χ1) is 10.5. The van der Waals surface area contributed by atoms with Crippen molar-refractivity contribution in [2.45, 2.75) is 50.7 Å². The molecule has 1 N–H and O–H groups in total. The third kappa shape index (κ3) is 4.43. The highest BCUT2D eigenvalue weighted by molar-refractivity contribution is 5.77. The lowest BCUT2D eigenvalue weighted by molar-refractivity contribution is -0.137. The monoisotopic (exact) mass is 311 g/mol. The molecule has 0 aromatic carbocycles. The number of likely N-dealkylation sites (N-methyl/N-ethyl adjacent to an activating group) is 1. The number of likely N-dealkylation sites (tertiary alicyclic amines) is 2. The molecule has 2 aliphatic rings. The fourth-order valence-electron chi connectivity index (χ4n) is 3.43. The van der Waals surface area contributed by atoms with Gasteiger partial charge in [-0.2, -0.15) is 0 Å². The summed E-state index contributed by atoms with van der Waals surface area (Å²) in [6.07, 6.45) is 4.23. The van der Waals surface area contributed by atoms with Crippen LogP contribution in [0.1, 0.15) is 38.5 Å². The molecule has 0 spiro atoms. The van der Waals surface area contributed by atoms with Gasteiger partial charge in [0.05, 0.1) is 6.10 Å². The summed E-state index contributed by atoms with van der Waals surface area (Å²) in [6, 6.07) is 0.134. The molecule has 2 atom stereocenters. The zero-order valence-electron chi connectivity index (χ0n) is 13.8. The lowest BCUT2D eigenvalue weighted by atomic mass is 10.0. The Labute approximate surface area is 133 Å². The van der Waals surface area contributed by atoms with E-state index in [1.165, 1.54) is 0 Å². The number of amides is 2. The minimum Gasteiger partial charge on any atom is -0.390 e. The topological polar surface area (TPSA) is 64.1 Å². The van der Waals surface area contributed by atoms with Gasteiger partial charge in [0, 0.05) is 45.1 Å². The van der Waals surface area contributed by atoms with Gasteiger partial charge in [0.25, 0.3) is 0 Å². The maximum atomic E-state index is 12.2. The Hall–Kier alpha value is -1.14. The number of carbonyl (C=O) groups is 2. The summed E-state index contributed by atoms with van der Waals surface area (Å²) in [5.41, 5.74) is 0. The largest absolute Gasteiger partial charge is 0.390 e. The summed E-state index contributed by atoms with van der Waals surface area (Å²) in [5.74, 6) is 0.321. The first-order valence-corrected chi connectivity index (χ1v) is 8.39. The number of piperidine rings is 2. The lowest BCUT2D eigenvalue weighted by Gasteiger charge is -2.39. The van der Waals surface area contributed by atoms with Crippen LogP contribution >= 0.6 is 0 Å². The summed E-state index contributed by atoms with van der Waals surface area (Å²) in [6.45, 7) is 2.65. The molecule has 2 rings (SSSR count). The molecule has 6 nitrogen and oxygen atoms in total. The average Bonchev–Trinajstić information content (AvgIpc) is 2.48. The maximum absolute atomic E-state index is 12.2. The minimum atomic E-state index is -0.476. The van der Waals surface area contributed by atoms with E-state index in [4.69, 9.17) is 0 Å². The maximum Gasteiger partial charge on any atom is 0.222 e. The summed E-state index contributed by atoms with van der Waals surface area (Å²) in [4.78, 5) is 29.6. The second-order valence-electron chi connectivity index (χ2n) is 6.67. The Bertz CT molecular complexity index is 400. The highest BCUT2D eigenvalue weighted by Crippen LogP contribution is 2.17. The van der Waals surface area contributed by atoms with Crippen molar-refractivity contribution in [1.29, 1.82) is 0 Å². The predicted octanol–water partition coefficient (Wildman–Crippen LogP) is 0.303.